The Hall–Kier alpha value is -1.75. The molecule has 1 heterocycles. The molecular weight excluding hydrogens is 256 g/mol. The molecule has 5 nitrogen and oxygen atoms in total. The van der Waals surface area contributed by atoms with Gasteiger partial charge in [-0.3, -0.25) is 0 Å². The Kier molecular flexibility index (Phi) is 3.30. The number of benzene rings is 1. The lowest BCUT2D eigenvalue weighted by Crippen LogP contribution is -2.27. The summed E-state index contributed by atoms with van der Waals surface area (Å²) in [6.07, 6.45) is 1.71. The molecule has 108 valence electrons. The fourth-order valence-electron chi connectivity index (χ4n) is 3.61. The van der Waals surface area contributed by atoms with Gasteiger partial charge in [0, 0.05) is 19.0 Å². The van der Waals surface area contributed by atoms with Crippen LogP contribution in [0.3, 0.4) is 0 Å². The normalized spacial score (nSPS) is 28.5. The van der Waals surface area contributed by atoms with E-state index in [-0.39, 0.29) is 12.1 Å². The predicted molar refractivity (Wildman–Crippen MR) is 76.6 cm³/mol. The first kappa shape index (κ1) is 13.2. The lowest BCUT2D eigenvalue weighted by atomic mass is 10.00. The molecule has 0 amide bonds. The van der Waals surface area contributed by atoms with Crippen molar-refractivity contribution in [1.82, 2.24) is 0 Å². The Balaban J connectivity index is 1.93. The molecule has 5 heteroatoms. The molecule has 1 aromatic rings. The average Bonchev–Trinajstić information content (AvgIpc) is 3.00. The van der Waals surface area contributed by atoms with E-state index in [0.29, 0.717) is 23.1 Å². The third-order valence-electron chi connectivity index (χ3n) is 4.61. The molecule has 1 aromatic carbocycles. The van der Waals surface area contributed by atoms with Crippen LogP contribution in [0.4, 0.5) is 11.4 Å². The van der Waals surface area contributed by atoms with Gasteiger partial charge in [0.2, 0.25) is 0 Å². The second-order valence-electron chi connectivity index (χ2n) is 5.71. The zero-order valence-corrected chi connectivity index (χ0v) is 11.6. The Morgan fingerprint density at radius 1 is 1.40 bits per heavy atom. The molecule has 2 fully saturated rings. The van der Waals surface area contributed by atoms with Crippen LogP contribution < -0.4 is 10.6 Å². The average molecular weight is 276 g/mol. The predicted octanol–water partition coefficient (Wildman–Crippen LogP) is 1.26. The highest BCUT2D eigenvalue weighted by Crippen LogP contribution is 2.42. The molecule has 0 spiro atoms. The molecule has 1 aliphatic heterocycles. The van der Waals surface area contributed by atoms with Gasteiger partial charge in [0.25, 0.3) is 0 Å². The van der Waals surface area contributed by atoms with E-state index in [9.17, 15) is 9.90 Å². The van der Waals surface area contributed by atoms with Crippen molar-refractivity contribution in [3.8, 4) is 0 Å². The van der Waals surface area contributed by atoms with Crippen LogP contribution >= 0.6 is 0 Å². The molecule has 20 heavy (non-hydrogen) atoms. The van der Waals surface area contributed by atoms with Crippen LogP contribution in [0.2, 0.25) is 0 Å². The van der Waals surface area contributed by atoms with Gasteiger partial charge in [-0.1, -0.05) is 6.07 Å². The summed E-state index contributed by atoms with van der Waals surface area (Å²) in [5.41, 5.74) is 7.90. The molecule has 1 saturated heterocycles. The van der Waals surface area contributed by atoms with Gasteiger partial charge in [0.05, 0.1) is 30.2 Å². The van der Waals surface area contributed by atoms with Crippen LogP contribution in [0.1, 0.15) is 23.2 Å². The summed E-state index contributed by atoms with van der Waals surface area (Å²) in [7, 11) is 1.37. The van der Waals surface area contributed by atoms with E-state index in [0.717, 1.165) is 31.6 Å². The number of esters is 1. The molecule has 2 aliphatic rings. The topological polar surface area (TPSA) is 75.8 Å². The van der Waals surface area contributed by atoms with E-state index >= 15 is 0 Å². The number of fused-ring (bicyclic) bond motifs is 1. The van der Waals surface area contributed by atoms with Crippen LogP contribution in [-0.4, -0.2) is 37.4 Å². The number of hydrogen-bond donors (Lipinski definition) is 2. The van der Waals surface area contributed by atoms with Crippen LogP contribution in [0.15, 0.2) is 18.2 Å². The van der Waals surface area contributed by atoms with Crippen molar-refractivity contribution in [3.05, 3.63) is 23.8 Å². The minimum absolute atomic E-state index is 0.225. The smallest absolute Gasteiger partial charge is 0.340 e. The SMILES string of the molecule is COC(=O)c1cccc(N)c1N1CC2CCC(O)C2C1. The number of methoxy groups -OCH3 is 1. The van der Waals surface area contributed by atoms with Gasteiger partial charge in [-0.25, -0.2) is 4.79 Å². The van der Waals surface area contributed by atoms with Gasteiger partial charge in [0.1, 0.15) is 0 Å². The van der Waals surface area contributed by atoms with E-state index in [2.05, 4.69) is 4.90 Å². The molecule has 1 saturated carbocycles. The first-order valence-electron chi connectivity index (χ1n) is 7.01. The monoisotopic (exact) mass is 276 g/mol. The van der Waals surface area contributed by atoms with Crippen LogP contribution in [0.25, 0.3) is 0 Å². The molecule has 3 unspecified atom stereocenters. The Morgan fingerprint density at radius 2 is 2.20 bits per heavy atom. The third-order valence-corrected chi connectivity index (χ3v) is 4.61. The first-order chi connectivity index (χ1) is 9.61. The number of nitrogen functional groups attached to an aromatic ring is 1. The molecule has 1 aliphatic carbocycles. The number of anilines is 2. The summed E-state index contributed by atoms with van der Waals surface area (Å²) in [6.45, 7) is 1.60. The van der Waals surface area contributed by atoms with E-state index in [1.807, 2.05) is 0 Å². The lowest BCUT2D eigenvalue weighted by molar-refractivity contribution is 0.0601. The number of rotatable bonds is 2. The summed E-state index contributed by atoms with van der Waals surface area (Å²) in [4.78, 5) is 14.0. The highest BCUT2D eigenvalue weighted by molar-refractivity contribution is 5.99. The Bertz CT molecular complexity index is 532. The van der Waals surface area contributed by atoms with Crippen molar-refractivity contribution in [2.45, 2.75) is 18.9 Å². The molecule has 3 atom stereocenters. The van der Waals surface area contributed by atoms with E-state index in [1.54, 1.807) is 18.2 Å². The zero-order valence-electron chi connectivity index (χ0n) is 11.6. The maximum Gasteiger partial charge on any atom is 0.340 e. The molecular formula is C15H20N2O3. The molecule has 3 rings (SSSR count). The van der Waals surface area contributed by atoms with Gasteiger partial charge < -0.3 is 20.5 Å². The number of carbonyl (C=O) groups excluding carboxylic acids is 1. The fourth-order valence-corrected chi connectivity index (χ4v) is 3.61. The van der Waals surface area contributed by atoms with E-state index in [1.165, 1.54) is 7.11 Å². The minimum atomic E-state index is -0.370. The molecule has 0 bridgehead atoms. The summed E-state index contributed by atoms with van der Waals surface area (Å²) in [6, 6.07) is 5.30. The summed E-state index contributed by atoms with van der Waals surface area (Å²) in [5, 5.41) is 10.0. The molecule has 3 N–H and O–H groups in total. The number of nitrogens with two attached hydrogens (primary N) is 1. The Morgan fingerprint density at radius 3 is 2.90 bits per heavy atom. The standard InChI is InChI=1S/C15H20N2O3/c1-20-15(19)10-3-2-4-12(16)14(10)17-7-9-5-6-13(18)11(9)8-17/h2-4,9,11,13,18H,5-8,16H2,1H3. The van der Waals surface area contributed by atoms with Crippen molar-refractivity contribution in [1.29, 1.82) is 0 Å². The maximum atomic E-state index is 11.9. The van der Waals surface area contributed by atoms with Crippen molar-refractivity contribution in [3.63, 3.8) is 0 Å². The second-order valence-corrected chi connectivity index (χ2v) is 5.71. The summed E-state index contributed by atoms with van der Waals surface area (Å²) >= 11 is 0. The van der Waals surface area contributed by atoms with Gasteiger partial charge in [-0.2, -0.15) is 0 Å². The molecule has 0 radical (unpaired) electrons. The third kappa shape index (κ3) is 2.02. The second kappa shape index (κ2) is 4.98. The number of aliphatic hydroxyl groups excluding tert-OH is 1. The van der Waals surface area contributed by atoms with Crippen molar-refractivity contribution in [2.75, 3.05) is 30.8 Å². The van der Waals surface area contributed by atoms with Crippen molar-refractivity contribution < 1.29 is 14.6 Å². The summed E-state index contributed by atoms with van der Waals surface area (Å²) < 4.78 is 4.84. The van der Waals surface area contributed by atoms with E-state index < -0.39 is 0 Å². The number of aliphatic hydroxyl groups is 1. The number of para-hydroxylation sites is 1. The quantitative estimate of drug-likeness (QED) is 0.628. The van der Waals surface area contributed by atoms with Crippen molar-refractivity contribution in [2.24, 2.45) is 11.8 Å². The largest absolute Gasteiger partial charge is 0.465 e. The van der Waals surface area contributed by atoms with Gasteiger partial charge >= 0.3 is 5.97 Å². The highest BCUT2D eigenvalue weighted by Gasteiger charge is 2.42. The van der Waals surface area contributed by atoms with Gasteiger partial charge in [0.15, 0.2) is 0 Å². The number of hydrogen-bond acceptors (Lipinski definition) is 5. The van der Waals surface area contributed by atoms with Gasteiger partial charge in [-0.15, -0.1) is 0 Å². The molecule has 0 aromatic heterocycles. The zero-order chi connectivity index (χ0) is 14.3. The van der Waals surface area contributed by atoms with Crippen molar-refractivity contribution >= 4 is 17.3 Å². The lowest BCUT2D eigenvalue weighted by Gasteiger charge is -2.24. The first-order valence-corrected chi connectivity index (χ1v) is 7.01. The maximum absolute atomic E-state index is 11.9. The summed E-state index contributed by atoms with van der Waals surface area (Å²) in [5.74, 6) is 0.417. The van der Waals surface area contributed by atoms with E-state index in [4.69, 9.17) is 10.5 Å². The van der Waals surface area contributed by atoms with Crippen LogP contribution in [-0.2, 0) is 4.74 Å². The number of nitrogens with zero attached hydrogens (tertiary/aromatic N) is 1. The Labute approximate surface area is 118 Å². The number of ether oxygens (including phenoxy) is 1. The fraction of sp³-hybridized carbons (Fsp3) is 0.533. The van der Waals surface area contributed by atoms with Crippen LogP contribution in [0, 0.1) is 11.8 Å². The highest BCUT2D eigenvalue weighted by atomic mass is 16.5. The minimum Gasteiger partial charge on any atom is -0.465 e. The van der Waals surface area contributed by atoms with Crippen LogP contribution in [0.5, 0.6) is 0 Å². The van der Waals surface area contributed by atoms with Gasteiger partial charge in [-0.05, 0) is 30.9 Å². The number of carbonyl (C=O) groups is 1.